The molecule has 0 unspecified atom stereocenters. The van der Waals surface area contributed by atoms with Gasteiger partial charge in [0.25, 0.3) is 0 Å². The summed E-state index contributed by atoms with van der Waals surface area (Å²) in [5, 5.41) is 3.68. The molecular weight excluding hydrogens is 458 g/mol. The molecule has 0 fully saturated rings. The molecule has 0 aromatic heterocycles. The second-order valence-electron chi connectivity index (χ2n) is 12.4. The van der Waals surface area contributed by atoms with Crippen LogP contribution in [0.3, 0.4) is 0 Å². The zero-order valence-corrected chi connectivity index (χ0v) is 26.5. The van der Waals surface area contributed by atoms with Gasteiger partial charge in [-0.15, -0.1) is 0 Å². The van der Waals surface area contributed by atoms with E-state index in [0.29, 0.717) is 0 Å². The fraction of sp³-hybridized carbons (Fsp3) is 1.00. The topological polar surface area (TPSA) is 12.0 Å². The maximum absolute atomic E-state index is 3.68. The van der Waals surface area contributed by atoms with Gasteiger partial charge >= 0.3 is 0 Å². The van der Waals surface area contributed by atoms with Crippen molar-refractivity contribution in [2.45, 2.75) is 227 Å². The third kappa shape index (κ3) is 38.1. The van der Waals surface area contributed by atoms with Crippen LogP contribution >= 0.6 is 0 Å². The smallest absolute Gasteiger partial charge is 0.00489 e. The molecule has 0 saturated heterocycles. The number of nitrogens with one attached hydrogen (secondary N) is 1. The van der Waals surface area contributed by atoms with Gasteiger partial charge in [-0.05, 0) is 25.9 Å². The summed E-state index contributed by atoms with van der Waals surface area (Å²) in [5.41, 5.74) is 0. The SMILES string of the molecule is C.CCCCCCCCCCCCCCCCCCNCCCCCCCCCCCCCCCCCC. The van der Waals surface area contributed by atoms with E-state index in [1.54, 1.807) is 0 Å². The van der Waals surface area contributed by atoms with Crippen LogP contribution < -0.4 is 5.32 Å². The van der Waals surface area contributed by atoms with Gasteiger partial charge in [-0.2, -0.15) is 0 Å². The molecule has 0 aliphatic carbocycles. The number of unbranched alkanes of at least 4 members (excludes halogenated alkanes) is 30. The second-order valence-corrected chi connectivity index (χ2v) is 12.4. The van der Waals surface area contributed by atoms with E-state index in [9.17, 15) is 0 Å². The lowest BCUT2D eigenvalue weighted by atomic mass is 10.0. The van der Waals surface area contributed by atoms with Crippen LogP contribution in [0.2, 0.25) is 0 Å². The summed E-state index contributed by atoms with van der Waals surface area (Å²) in [4.78, 5) is 0. The van der Waals surface area contributed by atoms with Gasteiger partial charge in [0.05, 0.1) is 0 Å². The normalized spacial score (nSPS) is 11.2. The van der Waals surface area contributed by atoms with Crippen LogP contribution in [0.1, 0.15) is 227 Å². The van der Waals surface area contributed by atoms with Gasteiger partial charge in [0.2, 0.25) is 0 Å². The maximum atomic E-state index is 3.68. The Bertz CT molecular complexity index is 332. The Labute approximate surface area is 244 Å². The van der Waals surface area contributed by atoms with E-state index in [4.69, 9.17) is 0 Å². The lowest BCUT2D eigenvalue weighted by Gasteiger charge is -2.06. The maximum Gasteiger partial charge on any atom is -0.00489 e. The van der Waals surface area contributed by atoms with Gasteiger partial charge < -0.3 is 5.32 Å². The molecule has 0 saturated carbocycles. The highest BCUT2D eigenvalue weighted by Gasteiger charge is 1.97. The summed E-state index contributed by atoms with van der Waals surface area (Å²) in [6.07, 6.45) is 46.7. The first-order chi connectivity index (χ1) is 18.4. The van der Waals surface area contributed by atoms with E-state index in [-0.39, 0.29) is 7.43 Å². The molecule has 1 heteroatoms. The fourth-order valence-corrected chi connectivity index (χ4v) is 5.72. The molecule has 1 nitrogen and oxygen atoms in total. The van der Waals surface area contributed by atoms with Gasteiger partial charge in [-0.25, -0.2) is 0 Å². The average Bonchev–Trinajstić information content (AvgIpc) is 2.91. The number of rotatable bonds is 34. The summed E-state index contributed by atoms with van der Waals surface area (Å²) in [6.45, 7) is 7.11. The Balaban J connectivity index is 0. The minimum absolute atomic E-state index is 0. The third-order valence-corrected chi connectivity index (χ3v) is 8.41. The second kappa shape index (κ2) is 39.1. The van der Waals surface area contributed by atoms with Crippen LogP contribution in [0.25, 0.3) is 0 Å². The molecule has 38 heavy (non-hydrogen) atoms. The van der Waals surface area contributed by atoms with Crippen molar-refractivity contribution in [2.75, 3.05) is 13.1 Å². The molecule has 0 aromatic carbocycles. The molecular formula is C37H79N. The van der Waals surface area contributed by atoms with E-state index in [0.717, 1.165) is 0 Å². The molecule has 0 atom stereocenters. The third-order valence-electron chi connectivity index (χ3n) is 8.41. The van der Waals surface area contributed by atoms with Crippen molar-refractivity contribution >= 4 is 0 Å². The molecule has 0 spiro atoms. The zero-order chi connectivity index (χ0) is 26.7. The molecule has 1 N–H and O–H groups in total. The van der Waals surface area contributed by atoms with E-state index in [2.05, 4.69) is 19.2 Å². The van der Waals surface area contributed by atoms with Crippen LogP contribution in [0.15, 0.2) is 0 Å². The van der Waals surface area contributed by atoms with E-state index < -0.39 is 0 Å². The Morgan fingerprint density at radius 3 is 0.579 bits per heavy atom. The van der Waals surface area contributed by atoms with Crippen molar-refractivity contribution in [3.8, 4) is 0 Å². The van der Waals surface area contributed by atoms with Crippen molar-refractivity contribution in [3.63, 3.8) is 0 Å². The van der Waals surface area contributed by atoms with Crippen molar-refractivity contribution in [1.82, 2.24) is 5.32 Å². The molecule has 0 radical (unpaired) electrons. The summed E-state index contributed by atoms with van der Waals surface area (Å²) in [6, 6.07) is 0. The van der Waals surface area contributed by atoms with Crippen LogP contribution in [-0.2, 0) is 0 Å². The fourth-order valence-electron chi connectivity index (χ4n) is 5.72. The highest BCUT2D eigenvalue weighted by molar-refractivity contribution is 4.54. The average molecular weight is 538 g/mol. The first-order valence-corrected chi connectivity index (χ1v) is 18.1. The van der Waals surface area contributed by atoms with Crippen LogP contribution in [0, 0.1) is 0 Å². The number of hydrogen-bond acceptors (Lipinski definition) is 1. The van der Waals surface area contributed by atoms with E-state index in [1.165, 1.54) is 219 Å². The van der Waals surface area contributed by atoms with Gasteiger partial charge in [-0.1, -0.05) is 214 Å². The first-order valence-electron chi connectivity index (χ1n) is 18.1. The Morgan fingerprint density at radius 2 is 0.395 bits per heavy atom. The predicted octanol–water partition coefficient (Wildman–Crippen LogP) is 13.7. The molecule has 0 aliphatic heterocycles. The molecule has 232 valence electrons. The first kappa shape index (κ1) is 40.1. The van der Waals surface area contributed by atoms with Crippen molar-refractivity contribution in [3.05, 3.63) is 0 Å². The van der Waals surface area contributed by atoms with Crippen LogP contribution in [0.4, 0.5) is 0 Å². The van der Waals surface area contributed by atoms with E-state index >= 15 is 0 Å². The molecule has 0 aromatic rings. The van der Waals surface area contributed by atoms with Gasteiger partial charge in [0, 0.05) is 0 Å². The summed E-state index contributed by atoms with van der Waals surface area (Å²) in [5.74, 6) is 0. The predicted molar refractivity (Wildman–Crippen MR) is 179 cm³/mol. The summed E-state index contributed by atoms with van der Waals surface area (Å²) < 4.78 is 0. The number of hydrogen-bond donors (Lipinski definition) is 1. The molecule has 0 amide bonds. The lowest BCUT2D eigenvalue weighted by Crippen LogP contribution is -2.16. The lowest BCUT2D eigenvalue weighted by molar-refractivity contribution is 0.515. The Kier molecular flexibility index (Phi) is 41.3. The molecule has 0 heterocycles. The van der Waals surface area contributed by atoms with Gasteiger partial charge in [0.15, 0.2) is 0 Å². The monoisotopic (exact) mass is 538 g/mol. The van der Waals surface area contributed by atoms with Crippen LogP contribution in [0.5, 0.6) is 0 Å². The molecule has 0 rings (SSSR count). The Hall–Kier alpha value is -0.0400. The van der Waals surface area contributed by atoms with Crippen LogP contribution in [-0.4, -0.2) is 13.1 Å². The largest absolute Gasteiger partial charge is 0.317 e. The molecule has 0 bridgehead atoms. The highest BCUT2D eigenvalue weighted by atomic mass is 14.8. The summed E-state index contributed by atoms with van der Waals surface area (Å²) >= 11 is 0. The van der Waals surface area contributed by atoms with Gasteiger partial charge in [0.1, 0.15) is 0 Å². The van der Waals surface area contributed by atoms with E-state index in [1.807, 2.05) is 0 Å². The zero-order valence-electron chi connectivity index (χ0n) is 26.5. The molecule has 0 aliphatic rings. The van der Waals surface area contributed by atoms with Gasteiger partial charge in [-0.3, -0.25) is 0 Å². The minimum atomic E-state index is 0. The van der Waals surface area contributed by atoms with Crippen molar-refractivity contribution in [1.29, 1.82) is 0 Å². The van der Waals surface area contributed by atoms with Crippen molar-refractivity contribution in [2.24, 2.45) is 0 Å². The Morgan fingerprint density at radius 1 is 0.237 bits per heavy atom. The standard InChI is InChI=1S/C36H75N.CH4/c1-3-5-7-9-11-13-15-17-19-21-23-25-27-29-31-33-35-37-36-34-32-30-28-26-24-22-20-18-16-14-12-10-8-6-4-2;/h37H,3-36H2,1-2H3;1H4. The minimum Gasteiger partial charge on any atom is -0.317 e. The highest BCUT2D eigenvalue weighted by Crippen LogP contribution is 2.15. The summed E-state index contributed by atoms with van der Waals surface area (Å²) in [7, 11) is 0. The van der Waals surface area contributed by atoms with Crippen molar-refractivity contribution < 1.29 is 0 Å². The quantitative estimate of drug-likeness (QED) is 0.0804.